The van der Waals surface area contributed by atoms with Crippen molar-refractivity contribution < 1.29 is 4.79 Å². The standard InChI is InChI=1S/C13H15N3OS/c1-9-8-10(2-3-11(9)14)13(17)16-5-4-12-15-6-7-18-12/h2-3,6-8H,4-5,14H2,1H3,(H,16,17). The number of aryl methyl sites for hydroxylation is 1. The van der Waals surface area contributed by atoms with Crippen LogP contribution in [0.4, 0.5) is 5.69 Å². The van der Waals surface area contributed by atoms with Crippen LogP contribution in [0, 0.1) is 6.92 Å². The normalized spacial score (nSPS) is 10.3. The molecule has 2 aromatic rings. The van der Waals surface area contributed by atoms with Gasteiger partial charge in [0, 0.05) is 35.8 Å². The van der Waals surface area contributed by atoms with Gasteiger partial charge in [-0.3, -0.25) is 4.79 Å². The highest BCUT2D eigenvalue weighted by molar-refractivity contribution is 7.09. The van der Waals surface area contributed by atoms with Gasteiger partial charge in [0.1, 0.15) is 0 Å². The molecule has 0 spiro atoms. The Morgan fingerprint density at radius 2 is 2.33 bits per heavy atom. The average molecular weight is 261 g/mol. The molecule has 1 heterocycles. The summed E-state index contributed by atoms with van der Waals surface area (Å²) in [6.45, 7) is 2.48. The van der Waals surface area contributed by atoms with E-state index in [-0.39, 0.29) is 5.91 Å². The van der Waals surface area contributed by atoms with E-state index in [2.05, 4.69) is 10.3 Å². The Balaban J connectivity index is 1.89. The van der Waals surface area contributed by atoms with Crippen LogP contribution < -0.4 is 11.1 Å². The van der Waals surface area contributed by atoms with Gasteiger partial charge >= 0.3 is 0 Å². The zero-order chi connectivity index (χ0) is 13.0. The third kappa shape index (κ3) is 3.07. The largest absolute Gasteiger partial charge is 0.399 e. The number of hydrogen-bond acceptors (Lipinski definition) is 4. The summed E-state index contributed by atoms with van der Waals surface area (Å²) in [4.78, 5) is 16.0. The highest BCUT2D eigenvalue weighted by Crippen LogP contribution is 2.12. The fraction of sp³-hybridized carbons (Fsp3) is 0.231. The first-order chi connectivity index (χ1) is 8.66. The number of nitrogens with one attached hydrogen (secondary N) is 1. The number of nitrogens with zero attached hydrogens (tertiary/aromatic N) is 1. The Bertz CT molecular complexity index is 537. The SMILES string of the molecule is Cc1cc(C(=O)NCCc2nccs2)ccc1N. The van der Waals surface area contributed by atoms with E-state index in [1.807, 2.05) is 12.3 Å². The van der Waals surface area contributed by atoms with E-state index in [4.69, 9.17) is 5.73 Å². The smallest absolute Gasteiger partial charge is 0.251 e. The van der Waals surface area contributed by atoms with Crippen molar-refractivity contribution in [3.8, 4) is 0 Å². The molecule has 4 nitrogen and oxygen atoms in total. The number of rotatable bonds is 4. The van der Waals surface area contributed by atoms with Gasteiger partial charge in [0.05, 0.1) is 5.01 Å². The monoisotopic (exact) mass is 261 g/mol. The lowest BCUT2D eigenvalue weighted by atomic mass is 10.1. The van der Waals surface area contributed by atoms with Gasteiger partial charge in [-0.1, -0.05) is 0 Å². The maximum Gasteiger partial charge on any atom is 0.251 e. The topological polar surface area (TPSA) is 68.0 Å². The third-order valence-corrected chi connectivity index (χ3v) is 3.48. The summed E-state index contributed by atoms with van der Waals surface area (Å²) in [5, 5.41) is 5.83. The molecule has 0 radical (unpaired) electrons. The van der Waals surface area contributed by atoms with E-state index in [0.29, 0.717) is 17.8 Å². The number of thiazole rings is 1. The molecule has 5 heteroatoms. The molecule has 1 amide bonds. The lowest BCUT2D eigenvalue weighted by Crippen LogP contribution is -2.25. The molecular weight excluding hydrogens is 246 g/mol. The zero-order valence-electron chi connectivity index (χ0n) is 10.1. The summed E-state index contributed by atoms with van der Waals surface area (Å²) >= 11 is 1.60. The molecule has 94 valence electrons. The van der Waals surface area contributed by atoms with E-state index in [9.17, 15) is 4.79 Å². The van der Waals surface area contributed by atoms with Crippen LogP contribution in [0.3, 0.4) is 0 Å². The molecule has 0 aliphatic carbocycles. The average Bonchev–Trinajstić information content (AvgIpc) is 2.85. The van der Waals surface area contributed by atoms with E-state index < -0.39 is 0 Å². The predicted octanol–water partition coefficient (Wildman–Crippen LogP) is 2.01. The maximum atomic E-state index is 11.9. The van der Waals surface area contributed by atoms with Crippen molar-refractivity contribution in [3.05, 3.63) is 45.9 Å². The molecule has 3 N–H and O–H groups in total. The highest BCUT2D eigenvalue weighted by atomic mass is 32.1. The summed E-state index contributed by atoms with van der Waals surface area (Å²) in [5.74, 6) is -0.0744. The van der Waals surface area contributed by atoms with Crippen LogP contribution in [-0.2, 0) is 6.42 Å². The van der Waals surface area contributed by atoms with Gasteiger partial charge in [0.15, 0.2) is 0 Å². The maximum absolute atomic E-state index is 11.9. The van der Waals surface area contributed by atoms with E-state index >= 15 is 0 Å². The summed E-state index contributed by atoms with van der Waals surface area (Å²) < 4.78 is 0. The van der Waals surface area contributed by atoms with Crippen LogP contribution in [0.2, 0.25) is 0 Å². The van der Waals surface area contributed by atoms with E-state index in [1.165, 1.54) is 0 Å². The molecule has 0 saturated heterocycles. The molecule has 18 heavy (non-hydrogen) atoms. The Labute approximate surface area is 110 Å². The first-order valence-electron chi connectivity index (χ1n) is 5.69. The predicted molar refractivity (Wildman–Crippen MR) is 73.7 cm³/mol. The Kier molecular flexibility index (Phi) is 3.94. The number of aromatic nitrogens is 1. The minimum absolute atomic E-state index is 0.0744. The van der Waals surface area contributed by atoms with Crippen molar-refractivity contribution in [2.24, 2.45) is 0 Å². The number of anilines is 1. The molecule has 0 bridgehead atoms. The van der Waals surface area contributed by atoms with Gasteiger partial charge in [-0.05, 0) is 30.7 Å². The van der Waals surface area contributed by atoms with Crippen LogP contribution in [0.15, 0.2) is 29.8 Å². The molecule has 0 fully saturated rings. The van der Waals surface area contributed by atoms with Crippen molar-refractivity contribution in [2.75, 3.05) is 12.3 Å². The number of carbonyl (C=O) groups is 1. The van der Waals surface area contributed by atoms with Gasteiger partial charge in [0.2, 0.25) is 0 Å². The third-order valence-electron chi connectivity index (χ3n) is 2.64. The number of nitrogen functional groups attached to an aromatic ring is 1. The summed E-state index contributed by atoms with van der Waals surface area (Å²) in [6.07, 6.45) is 2.53. The highest BCUT2D eigenvalue weighted by Gasteiger charge is 2.06. The molecule has 0 unspecified atom stereocenters. The Hall–Kier alpha value is -1.88. The number of benzene rings is 1. The second-order valence-corrected chi connectivity index (χ2v) is 4.98. The van der Waals surface area contributed by atoms with Crippen LogP contribution in [0.25, 0.3) is 0 Å². The van der Waals surface area contributed by atoms with Crippen LogP contribution in [-0.4, -0.2) is 17.4 Å². The van der Waals surface area contributed by atoms with Crippen LogP contribution in [0.1, 0.15) is 20.9 Å². The van der Waals surface area contributed by atoms with Crippen molar-refractivity contribution in [1.29, 1.82) is 0 Å². The van der Waals surface area contributed by atoms with Crippen molar-refractivity contribution in [2.45, 2.75) is 13.3 Å². The van der Waals surface area contributed by atoms with Crippen LogP contribution >= 0.6 is 11.3 Å². The fourth-order valence-electron chi connectivity index (χ4n) is 1.58. The Morgan fingerprint density at radius 1 is 1.50 bits per heavy atom. The summed E-state index contributed by atoms with van der Waals surface area (Å²) in [6, 6.07) is 5.29. The van der Waals surface area contributed by atoms with E-state index in [1.54, 1.807) is 35.7 Å². The minimum Gasteiger partial charge on any atom is -0.399 e. The summed E-state index contributed by atoms with van der Waals surface area (Å²) in [5.41, 5.74) is 7.98. The molecule has 2 rings (SSSR count). The van der Waals surface area contributed by atoms with E-state index in [0.717, 1.165) is 17.0 Å². The number of hydrogen-bond donors (Lipinski definition) is 2. The lowest BCUT2D eigenvalue weighted by Gasteiger charge is -2.06. The first kappa shape index (κ1) is 12.6. The van der Waals surface area contributed by atoms with Gasteiger partial charge < -0.3 is 11.1 Å². The zero-order valence-corrected chi connectivity index (χ0v) is 11.0. The Morgan fingerprint density at radius 3 is 3.00 bits per heavy atom. The van der Waals surface area contributed by atoms with Gasteiger partial charge in [-0.15, -0.1) is 11.3 Å². The van der Waals surface area contributed by atoms with Gasteiger partial charge in [-0.2, -0.15) is 0 Å². The minimum atomic E-state index is -0.0744. The molecule has 0 aliphatic heterocycles. The quantitative estimate of drug-likeness (QED) is 0.827. The molecule has 0 saturated carbocycles. The molecule has 0 atom stereocenters. The molecular formula is C13H15N3OS. The van der Waals surface area contributed by atoms with Crippen LogP contribution in [0.5, 0.6) is 0 Å². The molecule has 0 aliphatic rings. The van der Waals surface area contributed by atoms with Crippen molar-refractivity contribution in [1.82, 2.24) is 10.3 Å². The second kappa shape index (κ2) is 5.64. The van der Waals surface area contributed by atoms with Gasteiger partial charge in [-0.25, -0.2) is 4.98 Å². The number of amides is 1. The second-order valence-electron chi connectivity index (χ2n) is 4.00. The first-order valence-corrected chi connectivity index (χ1v) is 6.57. The number of nitrogens with two attached hydrogens (primary N) is 1. The van der Waals surface area contributed by atoms with Crippen molar-refractivity contribution >= 4 is 22.9 Å². The lowest BCUT2D eigenvalue weighted by molar-refractivity contribution is 0.0954. The fourth-order valence-corrected chi connectivity index (χ4v) is 2.20. The number of carbonyl (C=O) groups excluding carboxylic acids is 1. The molecule has 1 aromatic carbocycles. The van der Waals surface area contributed by atoms with Gasteiger partial charge in [0.25, 0.3) is 5.91 Å². The van der Waals surface area contributed by atoms with Crippen molar-refractivity contribution in [3.63, 3.8) is 0 Å². The summed E-state index contributed by atoms with van der Waals surface area (Å²) in [7, 11) is 0. The molecule has 1 aromatic heterocycles.